The van der Waals surface area contributed by atoms with Gasteiger partial charge in [0.05, 0.1) is 16.2 Å². The molecule has 160 valence electrons. The maximum atomic E-state index is 13.0. The van der Waals surface area contributed by atoms with E-state index >= 15 is 0 Å². The first-order chi connectivity index (χ1) is 14.5. The fraction of sp³-hybridized carbons (Fsp3) is 0.429. The first-order valence-corrected chi connectivity index (χ1v) is 12.3. The number of aromatic nitrogens is 1. The molecule has 1 aliphatic heterocycles. The van der Waals surface area contributed by atoms with Crippen molar-refractivity contribution in [1.82, 2.24) is 4.98 Å². The zero-order chi connectivity index (χ0) is 21.1. The number of nitrogens with zero attached hydrogens (tertiary/aromatic N) is 1. The Labute approximate surface area is 180 Å². The lowest BCUT2D eigenvalue weighted by Gasteiger charge is -2.27. The summed E-state index contributed by atoms with van der Waals surface area (Å²) in [6, 6.07) is 6.46. The van der Waals surface area contributed by atoms with Crippen LogP contribution in [0, 0.1) is 0 Å². The van der Waals surface area contributed by atoms with Crippen LogP contribution in [0.2, 0.25) is 0 Å². The Morgan fingerprint density at radius 3 is 2.53 bits per heavy atom. The summed E-state index contributed by atoms with van der Waals surface area (Å²) in [5.41, 5.74) is 0.606. The molecule has 1 atom stereocenters. The SMILES string of the molecule is C=Cc1cnc(NC(=O)C(OC2CCOCC2)c2ccc(S(=O)(=O)C3CC3)cc2)s1. The van der Waals surface area contributed by atoms with E-state index < -0.39 is 15.9 Å². The van der Waals surface area contributed by atoms with Crippen molar-refractivity contribution in [3.05, 3.63) is 47.5 Å². The number of hydrogen-bond acceptors (Lipinski definition) is 7. The van der Waals surface area contributed by atoms with Gasteiger partial charge in [0, 0.05) is 24.3 Å². The number of carbonyl (C=O) groups excluding carboxylic acids is 1. The number of anilines is 1. The standard InChI is InChI=1S/C21H24N2O5S2/c1-2-16-13-22-21(29-16)23-20(24)19(28-15-9-11-27-12-10-15)14-3-5-17(6-4-14)30(25,26)18-7-8-18/h2-6,13,15,18-19H,1,7-12H2,(H,22,23,24). The average Bonchev–Trinajstić information content (AvgIpc) is 3.54. The zero-order valence-electron chi connectivity index (χ0n) is 16.5. The van der Waals surface area contributed by atoms with Gasteiger partial charge >= 0.3 is 0 Å². The fourth-order valence-corrected chi connectivity index (χ4v) is 5.64. The largest absolute Gasteiger partial charge is 0.381 e. The summed E-state index contributed by atoms with van der Waals surface area (Å²) in [5, 5.41) is 2.99. The second-order valence-electron chi connectivity index (χ2n) is 7.40. The molecular weight excluding hydrogens is 424 g/mol. The Hall–Kier alpha value is -2.07. The second kappa shape index (κ2) is 8.97. The average molecular weight is 449 g/mol. The quantitative estimate of drug-likeness (QED) is 0.663. The van der Waals surface area contributed by atoms with Gasteiger partial charge in [-0.2, -0.15) is 0 Å². The highest BCUT2D eigenvalue weighted by molar-refractivity contribution is 7.92. The van der Waals surface area contributed by atoms with E-state index in [1.165, 1.54) is 11.3 Å². The molecule has 1 amide bonds. The van der Waals surface area contributed by atoms with Gasteiger partial charge in [0.25, 0.3) is 5.91 Å². The molecule has 9 heteroatoms. The van der Waals surface area contributed by atoms with Crippen molar-refractivity contribution in [3.63, 3.8) is 0 Å². The molecule has 1 aliphatic carbocycles. The lowest BCUT2D eigenvalue weighted by atomic mass is 10.1. The third-order valence-electron chi connectivity index (χ3n) is 5.16. The molecule has 2 aliphatic rings. The van der Waals surface area contributed by atoms with Crippen LogP contribution in [-0.4, -0.2) is 43.9 Å². The predicted molar refractivity (Wildman–Crippen MR) is 115 cm³/mol. The van der Waals surface area contributed by atoms with Crippen LogP contribution in [0.5, 0.6) is 0 Å². The summed E-state index contributed by atoms with van der Waals surface area (Å²) in [6.07, 6.45) is 5.16. The smallest absolute Gasteiger partial charge is 0.259 e. The van der Waals surface area contributed by atoms with Crippen LogP contribution in [0.25, 0.3) is 6.08 Å². The lowest BCUT2D eigenvalue weighted by Crippen LogP contribution is -2.31. The van der Waals surface area contributed by atoms with Gasteiger partial charge < -0.3 is 9.47 Å². The molecule has 1 saturated carbocycles. The molecule has 1 saturated heterocycles. The number of sulfone groups is 1. The third kappa shape index (κ3) is 4.80. The molecular formula is C21H24N2O5S2. The second-order valence-corrected chi connectivity index (χ2v) is 10.7. The topological polar surface area (TPSA) is 94.6 Å². The molecule has 2 aromatic rings. The number of amides is 1. The maximum Gasteiger partial charge on any atom is 0.259 e. The van der Waals surface area contributed by atoms with Gasteiger partial charge in [-0.15, -0.1) is 0 Å². The number of benzene rings is 1. The van der Waals surface area contributed by atoms with Crippen molar-refractivity contribution >= 4 is 38.3 Å². The Bertz CT molecular complexity index is 1010. The van der Waals surface area contributed by atoms with E-state index in [0.717, 1.165) is 4.88 Å². The third-order valence-corrected chi connectivity index (χ3v) is 8.35. The number of carbonyl (C=O) groups is 1. The van der Waals surface area contributed by atoms with Crippen molar-refractivity contribution in [3.8, 4) is 0 Å². The summed E-state index contributed by atoms with van der Waals surface area (Å²) in [5.74, 6) is -0.343. The minimum absolute atomic E-state index is 0.107. The molecule has 2 fully saturated rings. The van der Waals surface area contributed by atoms with E-state index in [1.54, 1.807) is 36.5 Å². The Kier molecular flexibility index (Phi) is 6.33. The van der Waals surface area contributed by atoms with E-state index in [2.05, 4.69) is 16.9 Å². The summed E-state index contributed by atoms with van der Waals surface area (Å²) in [7, 11) is -3.28. The predicted octanol–water partition coefficient (Wildman–Crippen LogP) is 3.60. The van der Waals surface area contributed by atoms with Crippen LogP contribution < -0.4 is 5.32 Å². The zero-order valence-corrected chi connectivity index (χ0v) is 18.1. The van der Waals surface area contributed by atoms with Crippen molar-refractivity contribution in [1.29, 1.82) is 0 Å². The summed E-state index contributed by atoms with van der Waals surface area (Å²) in [4.78, 5) is 18.4. The molecule has 1 unspecified atom stereocenters. The van der Waals surface area contributed by atoms with Gasteiger partial charge in [-0.25, -0.2) is 13.4 Å². The van der Waals surface area contributed by atoms with Crippen molar-refractivity contribution in [2.24, 2.45) is 0 Å². The Balaban J connectivity index is 1.55. The lowest BCUT2D eigenvalue weighted by molar-refractivity contribution is -0.136. The van der Waals surface area contributed by atoms with E-state index in [0.29, 0.717) is 49.6 Å². The minimum atomic E-state index is -3.28. The van der Waals surface area contributed by atoms with Crippen LogP contribution in [0.1, 0.15) is 42.2 Å². The highest BCUT2D eigenvalue weighted by atomic mass is 32.2. The van der Waals surface area contributed by atoms with E-state index in [1.807, 2.05) is 0 Å². The minimum Gasteiger partial charge on any atom is -0.381 e. The van der Waals surface area contributed by atoms with E-state index in [9.17, 15) is 13.2 Å². The van der Waals surface area contributed by atoms with Crippen LogP contribution in [0.15, 0.2) is 41.9 Å². The van der Waals surface area contributed by atoms with Crippen molar-refractivity contribution in [2.45, 2.75) is 48.0 Å². The molecule has 1 aromatic carbocycles. The molecule has 1 aromatic heterocycles. The number of ether oxygens (including phenoxy) is 2. The van der Waals surface area contributed by atoms with Crippen molar-refractivity contribution < 1.29 is 22.7 Å². The number of thiazole rings is 1. The van der Waals surface area contributed by atoms with Gasteiger partial charge in [0.2, 0.25) is 0 Å². The molecule has 7 nitrogen and oxygen atoms in total. The molecule has 0 bridgehead atoms. The molecule has 4 rings (SSSR count). The highest BCUT2D eigenvalue weighted by Gasteiger charge is 2.37. The van der Waals surface area contributed by atoms with E-state index in [4.69, 9.17) is 9.47 Å². The molecule has 0 spiro atoms. The molecule has 30 heavy (non-hydrogen) atoms. The molecule has 1 N–H and O–H groups in total. The normalized spacial score (nSPS) is 18.7. The first kappa shape index (κ1) is 21.2. The van der Waals surface area contributed by atoms with Crippen LogP contribution in [-0.2, 0) is 24.1 Å². The van der Waals surface area contributed by atoms with Gasteiger partial charge in [0.15, 0.2) is 21.1 Å². The number of nitrogens with one attached hydrogen (secondary N) is 1. The van der Waals surface area contributed by atoms with Gasteiger partial charge in [-0.05, 0) is 43.4 Å². The van der Waals surface area contributed by atoms with Crippen LogP contribution in [0.4, 0.5) is 5.13 Å². The number of rotatable bonds is 8. The van der Waals surface area contributed by atoms with E-state index in [-0.39, 0.29) is 22.2 Å². The molecule has 2 heterocycles. The van der Waals surface area contributed by atoms with Gasteiger partial charge in [0.1, 0.15) is 0 Å². The summed E-state index contributed by atoms with van der Waals surface area (Å²) >= 11 is 1.32. The van der Waals surface area contributed by atoms with Gasteiger partial charge in [-0.1, -0.05) is 36.1 Å². The number of hydrogen-bond donors (Lipinski definition) is 1. The maximum absolute atomic E-state index is 13.0. The van der Waals surface area contributed by atoms with Crippen molar-refractivity contribution in [2.75, 3.05) is 18.5 Å². The van der Waals surface area contributed by atoms with Crippen LogP contribution >= 0.6 is 11.3 Å². The fourth-order valence-electron chi connectivity index (χ4n) is 3.31. The first-order valence-electron chi connectivity index (χ1n) is 9.93. The monoisotopic (exact) mass is 448 g/mol. The summed E-state index contributed by atoms with van der Waals surface area (Å²) < 4.78 is 36.4. The molecule has 0 radical (unpaired) electrons. The summed E-state index contributed by atoms with van der Waals surface area (Å²) in [6.45, 7) is 4.88. The Morgan fingerprint density at radius 1 is 1.23 bits per heavy atom. The van der Waals surface area contributed by atoms with Gasteiger partial charge in [-0.3, -0.25) is 10.1 Å². The highest BCUT2D eigenvalue weighted by Crippen LogP contribution is 2.34. The Morgan fingerprint density at radius 2 is 1.93 bits per heavy atom. The van der Waals surface area contributed by atoms with Crippen LogP contribution in [0.3, 0.4) is 0 Å².